The first-order valence-corrected chi connectivity index (χ1v) is 7.95. The van der Waals surface area contributed by atoms with Crippen molar-refractivity contribution in [1.29, 1.82) is 0 Å². The molecular formula is C24H38N2O4. The van der Waals surface area contributed by atoms with Gasteiger partial charge in [0.2, 0.25) is 0 Å². The highest BCUT2D eigenvalue weighted by Gasteiger charge is 2.41. The Morgan fingerprint density at radius 3 is 2.93 bits per heavy atom. The Morgan fingerprint density at radius 2 is 2.23 bits per heavy atom. The maximum Gasteiger partial charge on any atom is 0.323 e. The number of nitrogens with two attached hydrogens (primary N) is 1. The number of nitrogens with zero attached hydrogens (tertiary/aromatic N) is 1. The van der Waals surface area contributed by atoms with Crippen LogP contribution >= 0.6 is 0 Å². The number of hydrogen-bond donors (Lipinski definition) is 1. The van der Waals surface area contributed by atoms with E-state index in [1.54, 1.807) is 0 Å². The van der Waals surface area contributed by atoms with Gasteiger partial charge in [-0.2, -0.15) is 0 Å². The largest absolute Gasteiger partial charge is 0.493 e. The Bertz CT molecular complexity index is 1930. The summed E-state index contributed by atoms with van der Waals surface area (Å²) in [6.07, 6.45) is -18.6. The molecule has 4 atom stereocenters. The van der Waals surface area contributed by atoms with Crippen LogP contribution in [0.2, 0.25) is 0 Å². The van der Waals surface area contributed by atoms with E-state index in [0.29, 0.717) is 7.11 Å². The van der Waals surface area contributed by atoms with Crippen LogP contribution < -0.4 is 15.2 Å². The zero-order valence-electron chi connectivity index (χ0n) is 47.2. The van der Waals surface area contributed by atoms with E-state index in [0.717, 1.165) is 0 Å². The molecule has 2 aliphatic heterocycles. The summed E-state index contributed by atoms with van der Waals surface area (Å²) in [6, 6.07) is -12.5. The van der Waals surface area contributed by atoms with Crippen molar-refractivity contribution in [3.8, 4) is 11.5 Å². The van der Waals surface area contributed by atoms with Gasteiger partial charge in [0.15, 0.2) is 11.5 Å². The molecule has 0 aliphatic carbocycles. The van der Waals surface area contributed by atoms with Gasteiger partial charge in [-0.05, 0) is 47.7 Å². The van der Waals surface area contributed by atoms with Gasteiger partial charge in [0.1, 0.15) is 12.1 Å². The van der Waals surface area contributed by atoms with Crippen molar-refractivity contribution in [2.45, 2.75) is 64.7 Å². The zero-order valence-corrected chi connectivity index (χ0v) is 15.2. The zero-order chi connectivity index (χ0) is 49.8. The van der Waals surface area contributed by atoms with E-state index >= 15 is 0 Å². The number of esters is 1. The van der Waals surface area contributed by atoms with E-state index in [1.807, 2.05) is 0 Å². The van der Waals surface area contributed by atoms with Crippen molar-refractivity contribution in [1.82, 2.24) is 4.90 Å². The molecule has 2 N–H and O–H groups in total. The molecule has 6 heteroatoms. The van der Waals surface area contributed by atoms with Crippen molar-refractivity contribution in [2.24, 2.45) is 23.4 Å². The second kappa shape index (κ2) is 9.56. The lowest BCUT2D eigenvalue weighted by molar-refractivity contribution is -0.160. The van der Waals surface area contributed by atoms with Crippen LogP contribution in [-0.2, 0) is 15.9 Å². The normalized spacial score (nSPS) is 56.5. The molecule has 2 aliphatic rings. The van der Waals surface area contributed by atoms with E-state index in [4.69, 9.17) is 55.6 Å². The summed E-state index contributed by atoms with van der Waals surface area (Å²) in [6.45, 7) is -27.6. The molecule has 1 aromatic rings. The molecule has 0 bridgehead atoms. The van der Waals surface area contributed by atoms with Gasteiger partial charge in [0.05, 0.1) is 23.7 Å². The predicted octanol–water partition coefficient (Wildman–Crippen LogP) is 3.56. The van der Waals surface area contributed by atoms with Crippen LogP contribution in [0.1, 0.15) is 101 Å². The second-order valence-corrected chi connectivity index (χ2v) is 5.63. The van der Waals surface area contributed by atoms with Crippen LogP contribution in [0.15, 0.2) is 12.1 Å². The lowest BCUT2D eigenvalue weighted by Gasteiger charge is -2.47. The van der Waals surface area contributed by atoms with Crippen molar-refractivity contribution in [3.63, 3.8) is 0 Å². The summed E-state index contributed by atoms with van der Waals surface area (Å²) in [5.41, 5.74) is 2.08. The van der Waals surface area contributed by atoms with Crippen LogP contribution in [0, 0.1) is 17.7 Å². The van der Waals surface area contributed by atoms with Gasteiger partial charge in [-0.3, -0.25) is 9.69 Å². The Hall–Kier alpha value is -1.79. The lowest BCUT2D eigenvalue weighted by atomic mass is 9.79. The number of benzene rings is 1. The highest BCUT2D eigenvalue weighted by atomic mass is 16.5. The Morgan fingerprint density at radius 1 is 1.43 bits per heavy atom. The monoisotopic (exact) mass is 450 g/mol. The molecule has 3 rings (SSSR count). The molecule has 6 nitrogen and oxygen atoms in total. The van der Waals surface area contributed by atoms with E-state index in [9.17, 15) is 13.0 Å². The van der Waals surface area contributed by atoms with E-state index in [2.05, 4.69) is 0 Å². The number of piperidine rings is 1. The van der Waals surface area contributed by atoms with Gasteiger partial charge in [-0.25, -0.2) is 0 Å². The molecule has 0 spiro atoms. The maximum atomic E-state index is 14.1. The number of carbonyl (C=O) groups excluding carboxylic acids is 1. The molecule has 30 heavy (non-hydrogen) atoms. The van der Waals surface area contributed by atoms with Gasteiger partial charge in [-0.1, -0.05) is 27.4 Å². The molecule has 0 amide bonds. The van der Waals surface area contributed by atoms with Crippen LogP contribution in [0.5, 0.6) is 11.5 Å². The van der Waals surface area contributed by atoms with Crippen molar-refractivity contribution in [2.75, 3.05) is 27.1 Å². The van der Waals surface area contributed by atoms with Crippen LogP contribution in [0.3, 0.4) is 0 Å². The average Bonchev–Trinajstić information content (AvgIpc) is 3.02. The highest BCUT2D eigenvalue weighted by molar-refractivity contribution is 5.76. The topological polar surface area (TPSA) is 74.0 Å². The molecule has 1 aromatic carbocycles. The van der Waals surface area contributed by atoms with Crippen molar-refractivity contribution >= 4 is 5.97 Å². The van der Waals surface area contributed by atoms with Crippen LogP contribution in [0.25, 0.3) is 0 Å². The third kappa shape index (κ3) is 4.75. The summed E-state index contributed by atoms with van der Waals surface area (Å²) in [4.78, 5) is 13.1. The highest BCUT2D eigenvalue weighted by Crippen LogP contribution is 2.44. The summed E-state index contributed by atoms with van der Waals surface area (Å²) < 4.78 is 284. The van der Waals surface area contributed by atoms with Crippen molar-refractivity contribution in [3.05, 3.63) is 23.2 Å². The van der Waals surface area contributed by atoms with Gasteiger partial charge in [0.25, 0.3) is 0 Å². The molecule has 0 aromatic heterocycles. The van der Waals surface area contributed by atoms with E-state index in [-0.39, 0.29) is 0 Å². The molecule has 2 heterocycles. The summed E-state index contributed by atoms with van der Waals surface area (Å²) in [7, 11) is -2.97. The first-order chi connectivity index (χ1) is 26.7. The van der Waals surface area contributed by atoms with Gasteiger partial charge in [-0.15, -0.1) is 0 Å². The quantitative estimate of drug-likeness (QED) is 0.640. The molecule has 1 saturated heterocycles. The summed E-state index contributed by atoms with van der Waals surface area (Å²) in [5.74, 6) is -20.5. The first kappa shape index (κ1) is 5.40. The van der Waals surface area contributed by atoms with E-state index in [1.165, 1.54) is 0 Å². The number of methoxy groups -OCH3 is 2. The van der Waals surface area contributed by atoms with E-state index < -0.39 is 148 Å². The minimum Gasteiger partial charge on any atom is -0.493 e. The fraction of sp³-hybridized carbons (Fsp3) is 0.708. The third-order valence-electron chi connectivity index (χ3n) is 3.73. The molecular weight excluding hydrogens is 380 g/mol. The SMILES string of the molecule is [2H]c1c(OC)c(OC([2H])([2H])[2H])c([2H])c2c1C([2H])([2H])C([2H])([2H])N1C([2H])([2H])C([2H])(C([2H])([2H])C([2H])(C([2H])([2H])[2H])C([2H])([2H])[2H])C(OC(=O)[C@@]([2H])(N)C([2H])(C([2H])([2H])[2H])C([2H])([2H])[2H])C([2H])([2H])C21[2H]. The summed E-state index contributed by atoms with van der Waals surface area (Å²) >= 11 is 0. The average molecular weight is 451 g/mol. The standard InChI is InChI=1S/C24H38N2O4/c1-14(2)9-17-13-26-8-7-16-10-21(28-5)22(29-6)11-18(16)19(26)12-20(17)30-24(27)23(25)15(3)4/h10-11,14-15,17,19-20,23H,7-9,12-13,25H2,1-6H3/t17?,19?,20?,23-/m0/s1/i1D3,2D3,3D3,4D3,6D3,7D2,8D2,9D2,10D,11D,12D2,13D2,14D,15D,17D,19D,23D. The third-order valence-corrected chi connectivity index (χ3v) is 3.73. The van der Waals surface area contributed by atoms with Gasteiger partial charge < -0.3 is 19.9 Å². The minimum absolute atomic E-state index is 0.694. The minimum atomic E-state index is -5.24. The smallest absolute Gasteiger partial charge is 0.323 e. The van der Waals surface area contributed by atoms with Gasteiger partial charge in [0, 0.05) is 65.5 Å². The number of carbonyl (C=O) groups is 1. The maximum absolute atomic E-state index is 14.1. The molecule has 0 saturated carbocycles. The second-order valence-electron chi connectivity index (χ2n) is 5.63. The predicted molar refractivity (Wildman–Crippen MR) is 118 cm³/mol. The van der Waals surface area contributed by atoms with Crippen LogP contribution in [-0.4, -0.2) is 50.1 Å². The number of ether oxygens (including phenoxy) is 3. The fourth-order valence-electron chi connectivity index (χ4n) is 2.42. The Kier molecular flexibility index (Phi) is 1.72. The molecule has 168 valence electrons. The Balaban J connectivity index is 2.86. The number of rotatable bonds is 7. The first-order valence-electron chi connectivity index (χ1n) is 24.0. The number of fused-ring (bicyclic) bond motifs is 3. The molecule has 3 unspecified atom stereocenters. The fourth-order valence-corrected chi connectivity index (χ4v) is 2.42. The number of hydrogen-bond acceptors (Lipinski definition) is 6. The van der Waals surface area contributed by atoms with Crippen molar-refractivity contribution < 1.29 is 62.9 Å². The van der Waals surface area contributed by atoms with Crippen LogP contribution in [0.4, 0.5) is 0 Å². The molecule has 0 radical (unpaired) electrons. The molecule has 1 fully saturated rings. The summed E-state index contributed by atoms with van der Waals surface area (Å²) in [5, 5.41) is 0. The lowest BCUT2D eigenvalue weighted by Crippen LogP contribution is -2.51. The van der Waals surface area contributed by atoms with Gasteiger partial charge >= 0.3 is 5.97 Å². The Labute approximate surface area is 226 Å².